The van der Waals surface area contributed by atoms with Crippen molar-refractivity contribution in [2.24, 2.45) is 5.92 Å². The molecule has 4 heteroatoms. The summed E-state index contributed by atoms with van der Waals surface area (Å²) in [6.07, 6.45) is 2.85. The molecule has 1 aromatic carbocycles. The number of hydrogen-bond donors (Lipinski definition) is 0. The number of halogens is 2. The fourth-order valence-corrected chi connectivity index (χ4v) is 2.47. The number of nitriles is 1. The summed E-state index contributed by atoms with van der Waals surface area (Å²) < 4.78 is 0. The van der Waals surface area contributed by atoms with E-state index in [1.165, 1.54) is 0 Å². The van der Waals surface area contributed by atoms with E-state index in [4.69, 9.17) is 28.5 Å². The predicted octanol–water partition coefficient (Wildman–Crippen LogP) is 3.97. The SMILES string of the molecule is N#CC(C(=O)C1CCC1)c1ccc(Cl)cc1Cl. The number of ketones is 1. The first kappa shape index (κ1) is 12.4. The topological polar surface area (TPSA) is 40.9 Å². The maximum absolute atomic E-state index is 12.1. The van der Waals surface area contributed by atoms with Gasteiger partial charge in [0.05, 0.1) is 6.07 Å². The van der Waals surface area contributed by atoms with Crippen LogP contribution in [-0.2, 0) is 4.79 Å². The summed E-state index contributed by atoms with van der Waals surface area (Å²) in [6.45, 7) is 0. The molecule has 2 rings (SSSR count). The predicted molar refractivity (Wildman–Crippen MR) is 67.2 cm³/mol. The van der Waals surface area contributed by atoms with Gasteiger partial charge in [-0.2, -0.15) is 5.26 Å². The molecule has 88 valence electrons. The molecule has 0 heterocycles. The van der Waals surface area contributed by atoms with Gasteiger partial charge in [-0.1, -0.05) is 35.7 Å². The van der Waals surface area contributed by atoms with Crippen LogP contribution >= 0.6 is 23.2 Å². The van der Waals surface area contributed by atoms with Crippen molar-refractivity contribution in [3.63, 3.8) is 0 Å². The first-order chi connectivity index (χ1) is 8.13. The van der Waals surface area contributed by atoms with Crippen LogP contribution in [0.2, 0.25) is 10.0 Å². The monoisotopic (exact) mass is 267 g/mol. The lowest BCUT2D eigenvalue weighted by Crippen LogP contribution is -2.26. The Bertz CT molecular complexity index is 489. The molecule has 1 fully saturated rings. The van der Waals surface area contributed by atoms with Crippen molar-refractivity contribution in [1.29, 1.82) is 5.26 Å². The molecule has 1 atom stereocenters. The average molecular weight is 268 g/mol. The van der Waals surface area contributed by atoms with E-state index >= 15 is 0 Å². The molecule has 1 saturated carbocycles. The van der Waals surface area contributed by atoms with Crippen LogP contribution in [0.15, 0.2) is 18.2 Å². The molecule has 0 bridgehead atoms. The Morgan fingerprint density at radius 2 is 2.12 bits per heavy atom. The Hall–Kier alpha value is -1.04. The fourth-order valence-electron chi connectivity index (χ4n) is 1.95. The number of Topliss-reactive ketones (excluding diaryl/α,β-unsaturated/α-hetero) is 1. The molecule has 2 nitrogen and oxygen atoms in total. The van der Waals surface area contributed by atoms with E-state index in [0.717, 1.165) is 19.3 Å². The fraction of sp³-hybridized carbons (Fsp3) is 0.385. The van der Waals surface area contributed by atoms with Crippen molar-refractivity contribution < 1.29 is 4.79 Å². The summed E-state index contributed by atoms with van der Waals surface area (Å²) in [4.78, 5) is 12.1. The van der Waals surface area contributed by atoms with Crippen LogP contribution < -0.4 is 0 Å². The van der Waals surface area contributed by atoms with Crippen LogP contribution in [-0.4, -0.2) is 5.78 Å². The van der Waals surface area contributed by atoms with Crippen molar-refractivity contribution in [1.82, 2.24) is 0 Å². The minimum Gasteiger partial charge on any atom is -0.298 e. The molecule has 0 N–H and O–H groups in total. The van der Waals surface area contributed by atoms with Crippen molar-refractivity contribution >= 4 is 29.0 Å². The van der Waals surface area contributed by atoms with E-state index in [2.05, 4.69) is 6.07 Å². The number of nitrogens with zero attached hydrogens (tertiary/aromatic N) is 1. The molecular formula is C13H11Cl2NO. The normalized spacial score (nSPS) is 17.0. The molecule has 1 aromatic rings. The second-order valence-corrected chi connectivity index (χ2v) is 5.10. The highest BCUT2D eigenvalue weighted by Gasteiger charge is 2.33. The van der Waals surface area contributed by atoms with Gasteiger partial charge in [0.2, 0.25) is 0 Å². The van der Waals surface area contributed by atoms with Crippen molar-refractivity contribution in [2.75, 3.05) is 0 Å². The van der Waals surface area contributed by atoms with E-state index in [-0.39, 0.29) is 11.7 Å². The Morgan fingerprint density at radius 3 is 2.59 bits per heavy atom. The summed E-state index contributed by atoms with van der Waals surface area (Å²) in [6, 6.07) is 6.93. The zero-order valence-electron chi connectivity index (χ0n) is 9.12. The van der Waals surface area contributed by atoms with E-state index in [1.54, 1.807) is 18.2 Å². The lowest BCUT2D eigenvalue weighted by molar-refractivity contribution is -0.125. The molecule has 0 amide bonds. The number of hydrogen-bond acceptors (Lipinski definition) is 2. The second kappa shape index (κ2) is 5.08. The van der Waals surface area contributed by atoms with Gasteiger partial charge in [-0.15, -0.1) is 0 Å². The number of benzene rings is 1. The van der Waals surface area contributed by atoms with Gasteiger partial charge in [0.15, 0.2) is 5.78 Å². The molecule has 0 saturated heterocycles. The van der Waals surface area contributed by atoms with Crippen LogP contribution in [0, 0.1) is 17.2 Å². The van der Waals surface area contributed by atoms with Gasteiger partial charge in [0.25, 0.3) is 0 Å². The summed E-state index contributed by atoms with van der Waals surface area (Å²) in [5, 5.41) is 10.0. The van der Waals surface area contributed by atoms with E-state index in [0.29, 0.717) is 15.6 Å². The summed E-state index contributed by atoms with van der Waals surface area (Å²) in [7, 11) is 0. The zero-order valence-corrected chi connectivity index (χ0v) is 10.6. The van der Waals surface area contributed by atoms with E-state index in [9.17, 15) is 4.79 Å². The Morgan fingerprint density at radius 1 is 1.41 bits per heavy atom. The highest BCUT2D eigenvalue weighted by molar-refractivity contribution is 6.35. The van der Waals surface area contributed by atoms with Gasteiger partial charge < -0.3 is 0 Å². The Balaban J connectivity index is 2.29. The number of carbonyl (C=O) groups excluding carboxylic acids is 1. The van der Waals surface area contributed by atoms with Crippen molar-refractivity contribution in [2.45, 2.75) is 25.2 Å². The maximum atomic E-state index is 12.1. The highest BCUT2D eigenvalue weighted by Crippen LogP contribution is 2.35. The second-order valence-electron chi connectivity index (χ2n) is 4.26. The van der Waals surface area contributed by atoms with Crippen molar-refractivity contribution in [3.05, 3.63) is 33.8 Å². The van der Waals surface area contributed by atoms with Gasteiger partial charge in [-0.05, 0) is 30.5 Å². The summed E-state index contributed by atoms with van der Waals surface area (Å²) >= 11 is 11.8. The van der Waals surface area contributed by atoms with Gasteiger partial charge in [0.1, 0.15) is 5.92 Å². The minimum atomic E-state index is -0.759. The lowest BCUT2D eigenvalue weighted by atomic mass is 9.76. The lowest BCUT2D eigenvalue weighted by Gasteiger charge is -2.26. The smallest absolute Gasteiger partial charge is 0.157 e. The van der Waals surface area contributed by atoms with Gasteiger partial charge >= 0.3 is 0 Å². The van der Waals surface area contributed by atoms with E-state index < -0.39 is 5.92 Å². The van der Waals surface area contributed by atoms with Crippen LogP contribution in [0.5, 0.6) is 0 Å². The van der Waals surface area contributed by atoms with Crippen LogP contribution in [0.4, 0.5) is 0 Å². The third-order valence-corrected chi connectivity index (χ3v) is 3.76. The van der Waals surface area contributed by atoms with Gasteiger partial charge in [0, 0.05) is 16.0 Å². The quantitative estimate of drug-likeness (QED) is 0.832. The molecule has 1 aliphatic carbocycles. The summed E-state index contributed by atoms with van der Waals surface area (Å²) in [5.41, 5.74) is 0.565. The number of rotatable bonds is 3. The maximum Gasteiger partial charge on any atom is 0.157 e. The van der Waals surface area contributed by atoms with Crippen LogP contribution in [0.25, 0.3) is 0 Å². The standard InChI is InChI=1S/C13H11Cl2NO/c14-9-4-5-10(12(15)6-9)11(7-16)13(17)8-2-1-3-8/h4-6,8,11H,1-3H2. The largest absolute Gasteiger partial charge is 0.298 e. The molecule has 17 heavy (non-hydrogen) atoms. The molecule has 1 aliphatic rings. The molecule has 1 unspecified atom stereocenters. The molecule has 0 aromatic heterocycles. The summed E-state index contributed by atoms with van der Waals surface area (Å²) in [5.74, 6) is -0.737. The molecular weight excluding hydrogens is 257 g/mol. The van der Waals surface area contributed by atoms with Gasteiger partial charge in [-0.3, -0.25) is 4.79 Å². The zero-order chi connectivity index (χ0) is 12.4. The molecule has 0 spiro atoms. The average Bonchev–Trinajstić information content (AvgIpc) is 2.19. The first-order valence-electron chi connectivity index (χ1n) is 5.51. The molecule has 0 radical (unpaired) electrons. The van der Waals surface area contributed by atoms with Crippen LogP contribution in [0.3, 0.4) is 0 Å². The third-order valence-electron chi connectivity index (χ3n) is 3.19. The first-order valence-corrected chi connectivity index (χ1v) is 6.27. The highest BCUT2D eigenvalue weighted by atomic mass is 35.5. The van der Waals surface area contributed by atoms with Crippen LogP contribution in [0.1, 0.15) is 30.7 Å². The third kappa shape index (κ3) is 2.46. The van der Waals surface area contributed by atoms with Crippen molar-refractivity contribution in [3.8, 4) is 6.07 Å². The Kier molecular flexibility index (Phi) is 3.71. The Labute approximate surface area is 110 Å². The minimum absolute atomic E-state index is 0.0111. The van der Waals surface area contributed by atoms with E-state index in [1.807, 2.05) is 0 Å². The van der Waals surface area contributed by atoms with Gasteiger partial charge in [-0.25, -0.2) is 0 Å². The molecule has 0 aliphatic heterocycles. The number of carbonyl (C=O) groups is 1.